The first-order valence-corrected chi connectivity index (χ1v) is 8.99. The Morgan fingerprint density at radius 1 is 1.11 bits per heavy atom. The Bertz CT molecular complexity index is 791. The first-order chi connectivity index (χ1) is 13.4. The number of carbonyl (C=O) groups is 1. The van der Waals surface area contributed by atoms with E-state index in [9.17, 15) is 18.0 Å². The van der Waals surface area contributed by atoms with Crippen molar-refractivity contribution >= 4 is 11.9 Å². The minimum atomic E-state index is -4.33. The van der Waals surface area contributed by atoms with Crippen LogP contribution >= 0.6 is 0 Å². The van der Waals surface area contributed by atoms with E-state index < -0.39 is 12.8 Å². The second kappa shape index (κ2) is 9.01. The molecule has 1 aromatic carbocycles. The second-order valence-electron chi connectivity index (χ2n) is 6.54. The Balaban J connectivity index is 1.50. The van der Waals surface area contributed by atoms with Crippen LogP contribution in [0.25, 0.3) is 0 Å². The van der Waals surface area contributed by atoms with Gasteiger partial charge in [0, 0.05) is 25.8 Å². The number of ether oxygens (including phenoxy) is 1. The van der Waals surface area contributed by atoms with E-state index in [-0.39, 0.29) is 19.1 Å². The number of carbonyl (C=O) groups excluding carboxylic acids is 1. The number of nitrogens with one attached hydrogen (secondary N) is 1. The average molecular weight is 394 g/mol. The van der Waals surface area contributed by atoms with E-state index in [1.807, 2.05) is 0 Å². The molecule has 1 aliphatic heterocycles. The van der Waals surface area contributed by atoms with Gasteiger partial charge >= 0.3 is 6.18 Å². The summed E-state index contributed by atoms with van der Waals surface area (Å²) in [5.74, 6) is 0.258. The summed E-state index contributed by atoms with van der Waals surface area (Å²) in [7, 11) is 0. The Morgan fingerprint density at radius 2 is 1.79 bits per heavy atom. The lowest BCUT2D eigenvalue weighted by molar-refractivity contribution is -0.176. The zero-order valence-corrected chi connectivity index (χ0v) is 15.2. The summed E-state index contributed by atoms with van der Waals surface area (Å²) < 4.78 is 40.8. The number of nitrogens with zero attached hydrogens (tertiary/aromatic N) is 3. The van der Waals surface area contributed by atoms with Crippen LogP contribution in [0.3, 0.4) is 0 Å². The minimum absolute atomic E-state index is 0.119. The van der Waals surface area contributed by atoms with Crippen molar-refractivity contribution < 1.29 is 22.7 Å². The van der Waals surface area contributed by atoms with Gasteiger partial charge in [0.15, 0.2) is 0 Å². The van der Waals surface area contributed by atoms with Gasteiger partial charge in [0.05, 0.1) is 6.61 Å². The smallest absolute Gasteiger partial charge is 0.367 e. The molecule has 0 saturated carbocycles. The van der Waals surface area contributed by atoms with Gasteiger partial charge in [-0.3, -0.25) is 4.79 Å². The molecule has 1 fully saturated rings. The number of hydrogen-bond donors (Lipinski definition) is 1. The molecule has 1 amide bonds. The molecule has 0 spiro atoms. The Hall–Kier alpha value is -2.68. The van der Waals surface area contributed by atoms with Crippen molar-refractivity contribution in [3.8, 4) is 0 Å². The Kier molecular flexibility index (Phi) is 6.45. The molecule has 0 radical (unpaired) electrons. The molecule has 1 aliphatic rings. The maximum atomic E-state index is 12.3. The van der Waals surface area contributed by atoms with E-state index >= 15 is 0 Å². The topological polar surface area (TPSA) is 67.3 Å². The van der Waals surface area contributed by atoms with Crippen molar-refractivity contribution in [3.63, 3.8) is 0 Å². The monoisotopic (exact) mass is 394 g/mol. The summed E-state index contributed by atoms with van der Waals surface area (Å²) >= 11 is 0. The van der Waals surface area contributed by atoms with E-state index in [1.54, 1.807) is 36.5 Å². The highest BCUT2D eigenvalue weighted by atomic mass is 19.4. The van der Waals surface area contributed by atoms with Crippen LogP contribution in [0.4, 0.5) is 19.1 Å². The third-order valence-electron chi connectivity index (χ3n) is 4.27. The quantitative estimate of drug-likeness (QED) is 0.782. The average Bonchev–Trinajstić information content (AvgIpc) is 3.21. The molecule has 9 heteroatoms. The zero-order chi connectivity index (χ0) is 20.0. The molecular formula is C19H21F3N4O2. The normalized spacial score (nSPS) is 14.3. The first-order valence-electron chi connectivity index (χ1n) is 8.99. The number of amides is 1. The number of halogens is 3. The maximum Gasteiger partial charge on any atom is 0.411 e. The predicted molar refractivity (Wildman–Crippen MR) is 96.8 cm³/mol. The van der Waals surface area contributed by atoms with Crippen molar-refractivity contribution in [3.05, 3.63) is 53.3 Å². The van der Waals surface area contributed by atoms with Crippen LogP contribution < -0.4 is 10.2 Å². The fourth-order valence-electron chi connectivity index (χ4n) is 2.86. The zero-order valence-electron chi connectivity index (χ0n) is 15.2. The Labute approximate surface area is 160 Å². The van der Waals surface area contributed by atoms with E-state index in [4.69, 9.17) is 0 Å². The van der Waals surface area contributed by atoms with Gasteiger partial charge in [0.1, 0.15) is 12.3 Å². The van der Waals surface area contributed by atoms with Crippen LogP contribution in [0.5, 0.6) is 0 Å². The molecule has 150 valence electrons. The number of alkyl halides is 3. The predicted octanol–water partition coefficient (Wildman–Crippen LogP) is 3.09. The standard InChI is InChI=1S/C19H21F3N4O2/c20-19(21,22)13-28-12-15-5-3-14(4-6-15)11-24-17(27)16-7-8-23-18(25-16)26-9-1-2-10-26/h3-8H,1-2,9-13H2,(H,24,27). The highest BCUT2D eigenvalue weighted by molar-refractivity contribution is 5.92. The van der Waals surface area contributed by atoms with E-state index in [0.29, 0.717) is 17.2 Å². The summed E-state index contributed by atoms with van der Waals surface area (Å²) in [5.41, 5.74) is 1.75. The summed E-state index contributed by atoms with van der Waals surface area (Å²) in [6.07, 6.45) is -0.570. The molecule has 28 heavy (non-hydrogen) atoms. The SMILES string of the molecule is O=C(NCc1ccc(COCC(F)(F)F)cc1)c1ccnc(N2CCCC2)n1. The van der Waals surface area contributed by atoms with Gasteiger partial charge in [-0.2, -0.15) is 13.2 Å². The minimum Gasteiger partial charge on any atom is -0.367 e. The molecule has 0 bridgehead atoms. The van der Waals surface area contributed by atoms with E-state index in [1.165, 1.54) is 0 Å². The highest BCUT2D eigenvalue weighted by Crippen LogP contribution is 2.16. The van der Waals surface area contributed by atoms with Gasteiger partial charge in [-0.25, -0.2) is 9.97 Å². The largest absolute Gasteiger partial charge is 0.411 e. The van der Waals surface area contributed by atoms with E-state index in [0.717, 1.165) is 31.5 Å². The van der Waals surface area contributed by atoms with Crippen LogP contribution in [0.15, 0.2) is 36.5 Å². The van der Waals surface area contributed by atoms with Gasteiger partial charge in [0.2, 0.25) is 5.95 Å². The molecule has 3 rings (SSSR count). The summed E-state index contributed by atoms with van der Waals surface area (Å²) in [6.45, 7) is 0.676. The summed E-state index contributed by atoms with van der Waals surface area (Å²) in [4.78, 5) is 22.9. The molecule has 0 unspecified atom stereocenters. The lowest BCUT2D eigenvalue weighted by Crippen LogP contribution is -2.26. The number of benzene rings is 1. The maximum absolute atomic E-state index is 12.3. The van der Waals surface area contributed by atoms with Crippen LogP contribution in [-0.4, -0.2) is 41.7 Å². The fraction of sp³-hybridized carbons (Fsp3) is 0.421. The lowest BCUT2D eigenvalue weighted by Gasteiger charge is -2.15. The molecule has 0 aliphatic carbocycles. The van der Waals surface area contributed by atoms with Crippen LogP contribution in [0.1, 0.15) is 34.5 Å². The number of aromatic nitrogens is 2. The number of hydrogen-bond acceptors (Lipinski definition) is 5. The molecule has 2 aromatic rings. The third kappa shape index (κ3) is 5.91. The highest BCUT2D eigenvalue weighted by Gasteiger charge is 2.27. The molecular weight excluding hydrogens is 373 g/mol. The number of rotatable bonds is 7. The molecule has 6 nitrogen and oxygen atoms in total. The van der Waals surface area contributed by atoms with Crippen molar-refractivity contribution in [2.24, 2.45) is 0 Å². The van der Waals surface area contributed by atoms with Gasteiger partial charge in [-0.1, -0.05) is 24.3 Å². The van der Waals surface area contributed by atoms with Crippen molar-refractivity contribution in [1.29, 1.82) is 0 Å². The van der Waals surface area contributed by atoms with Crippen molar-refractivity contribution in [2.75, 3.05) is 24.6 Å². The molecule has 1 N–H and O–H groups in total. The molecule has 1 aromatic heterocycles. The van der Waals surface area contributed by atoms with Crippen LogP contribution in [0, 0.1) is 0 Å². The fourth-order valence-corrected chi connectivity index (χ4v) is 2.86. The Morgan fingerprint density at radius 3 is 2.46 bits per heavy atom. The first kappa shape index (κ1) is 20.1. The van der Waals surface area contributed by atoms with Crippen LogP contribution in [0.2, 0.25) is 0 Å². The van der Waals surface area contributed by atoms with Gasteiger partial charge in [0.25, 0.3) is 5.91 Å². The van der Waals surface area contributed by atoms with E-state index in [2.05, 4.69) is 24.9 Å². The second-order valence-corrected chi connectivity index (χ2v) is 6.54. The summed E-state index contributed by atoms with van der Waals surface area (Å²) in [6, 6.07) is 8.39. The van der Waals surface area contributed by atoms with Crippen molar-refractivity contribution in [1.82, 2.24) is 15.3 Å². The molecule has 2 heterocycles. The van der Waals surface area contributed by atoms with Gasteiger partial charge in [-0.05, 0) is 30.0 Å². The molecule has 0 atom stereocenters. The lowest BCUT2D eigenvalue weighted by atomic mass is 10.1. The van der Waals surface area contributed by atoms with Crippen LogP contribution in [-0.2, 0) is 17.9 Å². The summed E-state index contributed by atoms with van der Waals surface area (Å²) in [5, 5.41) is 2.79. The third-order valence-corrected chi connectivity index (χ3v) is 4.27. The van der Waals surface area contributed by atoms with Gasteiger partial charge in [-0.15, -0.1) is 0 Å². The number of anilines is 1. The molecule has 1 saturated heterocycles. The van der Waals surface area contributed by atoms with Crippen molar-refractivity contribution in [2.45, 2.75) is 32.2 Å². The van der Waals surface area contributed by atoms with Gasteiger partial charge < -0.3 is 15.0 Å².